The van der Waals surface area contributed by atoms with Crippen molar-refractivity contribution in [1.29, 1.82) is 0 Å². The Bertz CT molecular complexity index is 360. The zero-order valence-corrected chi connectivity index (χ0v) is 11.2. The van der Waals surface area contributed by atoms with Gasteiger partial charge in [-0.05, 0) is 26.9 Å². The number of nitrogen functional groups attached to an aromatic ring is 1. The first-order valence-corrected chi connectivity index (χ1v) is 6.15. The lowest BCUT2D eigenvalue weighted by atomic mass is 10.2. The van der Waals surface area contributed by atoms with Crippen LogP contribution in [0.3, 0.4) is 0 Å². The van der Waals surface area contributed by atoms with Crippen LogP contribution in [0.2, 0.25) is 0 Å². The van der Waals surface area contributed by atoms with Crippen molar-refractivity contribution in [3.8, 4) is 0 Å². The minimum absolute atomic E-state index is 0.332. The first-order chi connectivity index (χ1) is 8.08. The average molecular weight is 237 g/mol. The summed E-state index contributed by atoms with van der Waals surface area (Å²) in [4.78, 5) is 10.7. The van der Waals surface area contributed by atoms with E-state index in [2.05, 4.69) is 34.0 Å². The second-order valence-electron chi connectivity index (χ2n) is 4.09. The quantitative estimate of drug-likeness (QED) is 0.783. The summed E-state index contributed by atoms with van der Waals surface area (Å²) in [5, 5.41) is 3.32. The molecule has 96 valence electrons. The van der Waals surface area contributed by atoms with E-state index in [4.69, 9.17) is 5.73 Å². The monoisotopic (exact) mass is 237 g/mol. The highest BCUT2D eigenvalue weighted by atomic mass is 15.1. The molecule has 0 atom stereocenters. The number of hydrogen-bond acceptors (Lipinski definition) is 5. The van der Waals surface area contributed by atoms with Crippen LogP contribution in [0.5, 0.6) is 0 Å². The van der Waals surface area contributed by atoms with Crippen LogP contribution in [-0.4, -0.2) is 41.0 Å². The molecule has 0 spiro atoms. The molecule has 0 aliphatic carbocycles. The van der Waals surface area contributed by atoms with Crippen LogP contribution in [0.25, 0.3) is 0 Å². The van der Waals surface area contributed by atoms with E-state index < -0.39 is 0 Å². The molecule has 0 radical (unpaired) electrons. The first kappa shape index (κ1) is 13.7. The molecule has 1 aromatic heterocycles. The molecule has 5 heteroatoms. The topological polar surface area (TPSA) is 67.1 Å². The Labute approximate surface area is 103 Å². The smallest absolute Gasteiger partial charge is 0.222 e. The van der Waals surface area contributed by atoms with Crippen LogP contribution in [0.4, 0.5) is 11.8 Å². The van der Waals surface area contributed by atoms with Gasteiger partial charge in [-0.25, -0.2) is 4.98 Å². The predicted molar refractivity (Wildman–Crippen MR) is 72.2 cm³/mol. The maximum Gasteiger partial charge on any atom is 0.222 e. The molecule has 1 rings (SSSR count). The molecular formula is C12H23N5. The second-order valence-corrected chi connectivity index (χ2v) is 4.09. The van der Waals surface area contributed by atoms with Crippen LogP contribution in [0, 0.1) is 13.8 Å². The Kier molecular flexibility index (Phi) is 5.15. The number of hydrogen-bond donors (Lipinski definition) is 2. The van der Waals surface area contributed by atoms with Gasteiger partial charge in [0.05, 0.1) is 0 Å². The standard InChI is InChI=1S/C12H23N5/c1-5-17(6-2)8-7-14-11-9(3)10(4)15-12(13)16-11/h5-8H2,1-4H3,(H3,13,14,15,16). The highest BCUT2D eigenvalue weighted by molar-refractivity contribution is 5.48. The average Bonchev–Trinajstić information content (AvgIpc) is 2.30. The summed E-state index contributed by atoms with van der Waals surface area (Å²) in [6, 6.07) is 0. The minimum Gasteiger partial charge on any atom is -0.368 e. The van der Waals surface area contributed by atoms with Crippen molar-refractivity contribution in [3.63, 3.8) is 0 Å². The SMILES string of the molecule is CCN(CC)CCNc1nc(N)nc(C)c1C. The van der Waals surface area contributed by atoms with Gasteiger partial charge >= 0.3 is 0 Å². The molecule has 1 heterocycles. The molecule has 0 saturated carbocycles. The van der Waals surface area contributed by atoms with Crippen molar-refractivity contribution in [2.75, 3.05) is 37.2 Å². The summed E-state index contributed by atoms with van der Waals surface area (Å²) < 4.78 is 0. The Morgan fingerprint density at radius 3 is 2.41 bits per heavy atom. The molecule has 0 aromatic carbocycles. The molecule has 3 N–H and O–H groups in total. The fourth-order valence-corrected chi connectivity index (χ4v) is 1.69. The van der Waals surface area contributed by atoms with E-state index in [0.717, 1.165) is 43.3 Å². The van der Waals surface area contributed by atoms with E-state index in [1.165, 1.54) is 0 Å². The number of aromatic nitrogens is 2. The van der Waals surface area contributed by atoms with Crippen molar-refractivity contribution in [2.45, 2.75) is 27.7 Å². The van der Waals surface area contributed by atoms with Crippen molar-refractivity contribution < 1.29 is 0 Å². The molecule has 0 bridgehead atoms. The molecule has 0 amide bonds. The number of anilines is 2. The lowest BCUT2D eigenvalue weighted by Crippen LogP contribution is -2.29. The van der Waals surface area contributed by atoms with Gasteiger partial charge in [-0.2, -0.15) is 4.98 Å². The third-order valence-corrected chi connectivity index (χ3v) is 3.02. The van der Waals surface area contributed by atoms with Gasteiger partial charge < -0.3 is 16.0 Å². The molecule has 17 heavy (non-hydrogen) atoms. The zero-order chi connectivity index (χ0) is 12.8. The summed E-state index contributed by atoms with van der Waals surface area (Å²) in [6.07, 6.45) is 0. The summed E-state index contributed by atoms with van der Waals surface area (Å²) >= 11 is 0. The third kappa shape index (κ3) is 3.85. The number of likely N-dealkylation sites (N-methyl/N-ethyl adjacent to an activating group) is 1. The largest absolute Gasteiger partial charge is 0.368 e. The van der Waals surface area contributed by atoms with Crippen molar-refractivity contribution in [1.82, 2.24) is 14.9 Å². The number of aryl methyl sites for hydroxylation is 1. The van der Waals surface area contributed by atoms with Crippen LogP contribution in [0.15, 0.2) is 0 Å². The molecule has 5 nitrogen and oxygen atoms in total. The van der Waals surface area contributed by atoms with E-state index in [1.54, 1.807) is 0 Å². The maximum atomic E-state index is 5.64. The van der Waals surface area contributed by atoms with Gasteiger partial charge in [0.25, 0.3) is 0 Å². The second kappa shape index (κ2) is 6.39. The van der Waals surface area contributed by atoms with Crippen molar-refractivity contribution >= 4 is 11.8 Å². The molecule has 0 aliphatic heterocycles. The van der Waals surface area contributed by atoms with E-state index in [-0.39, 0.29) is 0 Å². The third-order valence-electron chi connectivity index (χ3n) is 3.02. The fourth-order valence-electron chi connectivity index (χ4n) is 1.69. The highest BCUT2D eigenvalue weighted by Crippen LogP contribution is 2.15. The number of rotatable bonds is 6. The van der Waals surface area contributed by atoms with E-state index in [0.29, 0.717) is 5.95 Å². The lowest BCUT2D eigenvalue weighted by Gasteiger charge is -2.19. The maximum absolute atomic E-state index is 5.64. The van der Waals surface area contributed by atoms with Gasteiger partial charge in [0, 0.05) is 24.3 Å². The summed E-state index contributed by atoms with van der Waals surface area (Å²) in [5.74, 6) is 1.18. The Balaban J connectivity index is 2.57. The fraction of sp³-hybridized carbons (Fsp3) is 0.667. The summed E-state index contributed by atoms with van der Waals surface area (Å²) in [7, 11) is 0. The van der Waals surface area contributed by atoms with Gasteiger partial charge in [-0.3, -0.25) is 0 Å². The Hall–Kier alpha value is -1.36. The van der Waals surface area contributed by atoms with Gasteiger partial charge in [-0.1, -0.05) is 13.8 Å². The van der Waals surface area contributed by atoms with E-state index in [9.17, 15) is 0 Å². The Morgan fingerprint density at radius 1 is 1.18 bits per heavy atom. The number of nitrogens with two attached hydrogens (primary N) is 1. The molecule has 0 unspecified atom stereocenters. The van der Waals surface area contributed by atoms with Crippen molar-refractivity contribution in [3.05, 3.63) is 11.3 Å². The van der Waals surface area contributed by atoms with Gasteiger partial charge in [0.2, 0.25) is 5.95 Å². The highest BCUT2D eigenvalue weighted by Gasteiger charge is 2.06. The predicted octanol–water partition coefficient (Wildman–Crippen LogP) is 1.43. The van der Waals surface area contributed by atoms with Gasteiger partial charge in [0.1, 0.15) is 5.82 Å². The van der Waals surface area contributed by atoms with Crippen LogP contribution in [-0.2, 0) is 0 Å². The summed E-state index contributed by atoms with van der Waals surface area (Å²) in [6.45, 7) is 12.3. The van der Waals surface area contributed by atoms with Gasteiger partial charge in [0.15, 0.2) is 0 Å². The normalized spacial score (nSPS) is 10.9. The van der Waals surface area contributed by atoms with Crippen LogP contribution < -0.4 is 11.1 Å². The minimum atomic E-state index is 0.332. The van der Waals surface area contributed by atoms with E-state index >= 15 is 0 Å². The lowest BCUT2D eigenvalue weighted by molar-refractivity contribution is 0.316. The van der Waals surface area contributed by atoms with Gasteiger partial charge in [-0.15, -0.1) is 0 Å². The van der Waals surface area contributed by atoms with Crippen LogP contribution >= 0.6 is 0 Å². The zero-order valence-electron chi connectivity index (χ0n) is 11.2. The molecule has 0 aliphatic rings. The van der Waals surface area contributed by atoms with Crippen LogP contribution in [0.1, 0.15) is 25.1 Å². The number of nitrogens with one attached hydrogen (secondary N) is 1. The van der Waals surface area contributed by atoms with Crippen molar-refractivity contribution in [2.24, 2.45) is 0 Å². The molecular weight excluding hydrogens is 214 g/mol. The molecule has 1 aromatic rings. The Morgan fingerprint density at radius 2 is 1.82 bits per heavy atom. The molecule has 0 saturated heterocycles. The first-order valence-electron chi connectivity index (χ1n) is 6.15. The summed E-state index contributed by atoms with van der Waals surface area (Å²) in [5.41, 5.74) is 7.64. The molecule has 0 fully saturated rings. The number of nitrogens with zero attached hydrogens (tertiary/aromatic N) is 3. The van der Waals surface area contributed by atoms with E-state index in [1.807, 2.05) is 13.8 Å².